The van der Waals surface area contributed by atoms with Crippen molar-refractivity contribution >= 4 is 11.8 Å². The Bertz CT molecular complexity index is 484. The minimum Gasteiger partial charge on any atom is -0.265 e. The maximum absolute atomic E-state index is 14.0. The molecule has 0 saturated carbocycles. The fraction of sp³-hybridized carbons (Fsp3) is 0.312. The molecule has 1 nitrogen and oxygen atoms in total. The largest absolute Gasteiger partial charge is 0.265 e. The molecule has 0 N–H and O–H groups in total. The first-order chi connectivity index (χ1) is 8.63. The second-order valence-electron chi connectivity index (χ2n) is 4.14. The van der Waals surface area contributed by atoms with E-state index in [1.165, 1.54) is 11.8 Å². The normalized spacial score (nSPS) is 12.1. The molecule has 18 heavy (non-hydrogen) atoms. The van der Waals surface area contributed by atoms with Gasteiger partial charge in [-0.2, -0.15) is 0 Å². The maximum Gasteiger partial charge on any atom is 0.130 e. The number of hydrogen-bond donors (Lipinski definition) is 0. The number of benzene rings is 1. The Morgan fingerprint density at radius 1 is 1.28 bits per heavy atom. The number of aliphatic imine (C=N–C) groups is 1. The van der Waals surface area contributed by atoms with Crippen molar-refractivity contribution in [1.82, 2.24) is 0 Å². The van der Waals surface area contributed by atoms with E-state index in [0.717, 1.165) is 24.0 Å². The van der Waals surface area contributed by atoms with Gasteiger partial charge in [-0.1, -0.05) is 20.4 Å². The molecule has 0 fully saturated rings. The van der Waals surface area contributed by atoms with E-state index in [4.69, 9.17) is 0 Å². The summed E-state index contributed by atoms with van der Waals surface area (Å²) in [4.78, 5) is 3.88. The first-order valence-electron chi connectivity index (χ1n) is 6.26. The van der Waals surface area contributed by atoms with Crippen molar-refractivity contribution in [2.75, 3.05) is 0 Å². The predicted octanol–water partition coefficient (Wildman–Crippen LogP) is 4.57. The molecular weight excluding hydrogens is 225 g/mol. The van der Waals surface area contributed by atoms with Crippen molar-refractivity contribution in [3.8, 4) is 0 Å². The molecule has 0 aliphatic heterocycles. The van der Waals surface area contributed by atoms with Gasteiger partial charge in [-0.15, -0.1) is 0 Å². The molecule has 1 rings (SSSR count). The Kier molecular flexibility index (Phi) is 5.50. The highest BCUT2D eigenvalue weighted by Crippen LogP contribution is 2.23. The van der Waals surface area contributed by atoms with Crippen molar-refractivity contribution < 1.29 is 4.39 Å². The fourth-order valence-corrected chi connectivity index (χ4v) is 1.93. The van der Waals surface area contributed by atoms with Crippen LogP contribution in [0.1, 0.15) is 37.5 Å². The highest BCUT2D eigenvalue weighted by Gasteiger charge is 2.08. The summed E-state index contributed by atoms with van der Waals surface area (Å²) in [6.07, 6.45) is 6.66. The van der Waals surface area contributed by atoms with Crippen molar-refractivity contribution in [3.63, 3.8) is 0 Å². The Morgan fingerprint density at radius 2 is 1.89 bits per heavy atom. The summed E-state index contributed by atoms with van der Waals surface area (Å²) in [6.45, 7) is 9.52. The van der Waals surface area contributed by atoms with Crippen molar-refractivity contribution in [2.24, 2.45) is 4.99 Å². The third-order valence-electron chi connectivity index (χ3n) is 2.99. The van der Waals surface area contributed by atoms with Gasteiger partial charge in [-0.25, -0.2) is 4.39 Å². The molecule has 0 saturated heterocycles. The first-order valence-corrected chi connectivity index (χ1v) is 6.26. The van der Waals surface area contributed by atoms with Gasteiger partial charge in [0.2, 0.25) is 0 Å². The molecular formula is C16H20FN. The number of nitrogens with zero attached hydrogens (tertiary/aromatic N) is 1. The van der Waals surface area contributed by atoms with Gasteiger partial charge in [0.05, 0.1) is 0 Å². The summed E-state index contributed by atoms with van der Waals surface area (Å²) in [7, 11) is 0. The Labute approximate surface area is 109 Å². The van der Waals surface area contributed by atoms with Crippen LogP contribution >= 0.6 is 0 Å². The zero-order chi connectivity index (χ0) is 13.5. The van der Waals surface area contributed by atoms with Crippen LogP contribution in [-0.2, 0) is 12.8 Å². The third-order valence-corrected chi connectivity index (χ3v) is 2.99. The van der Waals surface area contributed by atoms with Crippen LogP contribution in [0.5, 0.6) is 0 Å². The lowest BCUT2D eigenvalue weighted by Gasteiger charge is -2.10. The van der Waals surface area contributed by atoms with E-state index in [1.807, 2.05) is 19.9 Å². The van der Waals surface area contributed by atoms with Crippen molar-refractivity contribution in [1.29, 1.82) is 0 Å². The van der Waals surface area contributed by atoms with Crippen molar-refractivity contribution in [2.45, 2.75) is 33.6 Å². The van der Waals surface area contributed by atoms with E-state index in [9.17, 15) is 4.39 Å². The molecule has 96 valence electrons. The second-order valence-corrected chi connectivity index (χ2v) is 4.14. The van der Waals surface area contributed by atoms with Gasteiger partial charge in [0.1, 0.15) is 5.82 Å². The summed E-state index contributed by atoms with van der Waals surface area (Å²) in [5.74, 6) is -0.162. The van der Waals surface area contributed by atoms with Gasteiger partial charge in [-0.05, 0) is 54.7 Å². The number of aryl methyl sites for hydroxylation is 2. The summed E-state index contributed by atoms with van der Waals surface area (Å²) >= 11 is 0. The topological polar surface area (TPSA) is 12.4 Å². The number of halogens is 1. The molecule has 0 aliphatic rings. The molecule has 0 aromatic heterocycles. The quantitative estimate of drug-likeness (QED) is 0.674. The molecule has 0 atom stereocenters. The van der Waals surface area contributed by atoms with E-state index < -0.39 is 0 Å². The van der Waals surface area contributed by atoms with Crippen LogP contribution in [0.2, 0.25) is 0 Å². The first kappa shape index (κ1) is 14.4. The average Bonchev–Trinajstić information content (AvgIpc) is 2.38. The van der Waals surface area contributed by atoms with E-state index in [1.54, 1.807) is 18.4 Å². The molecule has 0 unspecified atom stereocenters. The Morgan fingerprint density at radius 3 is 2.44 bits per heavy atom. The van der Waals surface area contributed by atoms with Gasteiger partial charge in [0.15, 0.2) is 0 Å². The van der Waals surface area contributed by atoms with Crippen LogP contribution < -0.4 is 0 Å². The number of allylic oxidation sites excluding steroid dienone is 2. The molecule has 2 heteroatoms. The number of rotatable bonds is 5. The van der Waals surface area contributed by atoms with E-state index in [-0.39, 0.29) is 5.82 Å². The van der Waals surface area contributed by atoms with Gasteiger partial charge in [0.25, 0.3) is 0 Å². The lowest BCUT2D eigenvalue weighted by molar-refractivity contribution is 0.620. The Hall–Kier alpha value is -1.70. The number of hydrogen-bond acceptors (Lipinski definition) is 1. The average molecular weight is 245 g/mol. The van der Waals surface area contributed by atoms with Gasteiger partial charge < -0.3 is 0 Å². The third kappa shape index (κ3) is 3.39. The molecule has 1 aromatic carbocycles. The fourth-order valence-electron chi connectivity index (χ4n) is 1.93. The molecule has 0 amide bonds. The van der Waals surface area contributed by atoms with Gasteiger partial charge >= 0.3 is 0 Å². The molecule has 0 spiro atoms. The monoisotopic (exact) mass is 245 g/mol. The molecule has 0 heterocycles. The lowest BCUT2D eigenvalue weighted by atomic mass is 9.96. The summed E-state index contributed by atoms with van der Waals surface area (Å²) in [5.41, 5.74) is 3.82. The van der Waals surface area contributed by atoms with Crippen LogP contribution in [-0.4, -0.2) is 6.21 Å². The Balaban J connectivity index is 3.20. The SMILES string of the molecule is C=CN=C/C=C(\C)c1cc(CC)c(CC)cc1F. The standard InChI is InChI=1S/C16H20FN/c1-5-13-10-15(12(4)8-9-18-7-3)16(17)11-14(13)6-2/h7-11H,3,5-6H2,1-2,4H3/b12-8+,18-9?. The predicted molar refractivity (Wildman–Crippen MR) is 77.5 cm³/mol. The zero-order valence-electron chi connectivity index (χ0n) is 11.3. The molecule has 1 aromatic rings. The highest BCUT2D eigenvalue weighted by atomic mass is 19.1. The van der Waals surface area contributed by atoms with E-state index >= 15 is 0 Å². The van der Waals surface area contributed by atoms with E-state index in [2.05, 4.69) is 18.5 Å². The zero-order valence-corrected chi connectivity index (χ0v) is 11.3. The maximum atomic E-state index is 14.0. The van der Waals surface area contributed by atoms with Crippen LogP contribution in [0, 0.1) is 5.82 Å². The minimum atomic E-state index is -0.162. The second kappa shape index (κ2) is 6.90. The smallest absolute Gasteiger partial charge is 0.130 e. The van der Waals surface area contributed by atoms with Crippen molar-refractivity contribution in [3.05, 3.63) is 53.5 Å². The summed E-state index contributed by atoms with van der Waals surface area (Å²) in [5, 5.41) is 0. The summed E-state index contributed by atoms with van der Waals surface area (Å²) in [6, 6.07) is 3.60. The van der Waals surface area contributed by atoms with Crippen LogP contribution in [0.4, 0.5) is 4.39 Å². The van der Waals surface area contributed by atoms with Crippen LogP contribution in [0.25, 0.3) is 5.57 Å². The molecule has 0 radical (unpaired) electrons. The minimum absolute atomic E-state index is 0.162. The molecule has 0 aliphatic carbocycles. The highest BCUT2D eigenvalue weighted by molar-refractivity contribution is 5.84. The van der Waals surface area contributed by atoms with Crippen LogP contribution in [0.3, 0.4) is 0 Å². The molecule has 0 bridgehead atoms. The van der Waals surface area contributed by atoms with Crippen LogP contribution in [0.15, 0.2) is 36.0 Å². The lowest BCUT2D eigenvalue weighted by Crippen LogP contribution is -1.97. The van der Waals surface area contributed by atoms with Gasteiger partial charge in [0, 0.05) is 18.0 Å². The van der Waals surface area contributed by atoms with E-state index in [0.29, 0.717) is 5.56 Å². The summed E-state index contributed by atoms with van der Waals surface area (Å²) < 4.78 is 14.0. The van der Waals surface area contributed by atoms with Gasteiger partial charge in [-0.3, -0.25) is 4.99 Å².